The molecule has 0 amide bonds. The molecule has 0 fully saturated rings. The lowest BCUT2D eigenvalue weighted by atomic mass is 10.2. The number of guanidine groups is 1. The Kier molecular flexibility index (Phi) is 9.77. The zero-order valence-electron chi connectivity index (χ0n) is 15.6. The van der Waals surface area contributed by atoms with Crippen molar-refractivity contribution in [2.45, 2.75) is 19.4 Å². The van der Waals surface area contributed by atoms with E-state index in [4.69, 9.17) is 5.73 Å². The molecular formula is C19H26IN7S. The summed E-state index contributed by atoms with van der Waals surface area (Å²) in [5.41, 5.74) is 7.10. The number of aromatic nitrogens is 3. The van der Waals surface area contributed by atoms with Crippen LogP contribution in [-0.2, 0) is 13.0 Å². The van der Waals surface area contributed by atoms with Gasteiger partial charge in [0.25, 0.3) is 0 Å². The fourth-order valence-electron chi connectivity index (χ4n) is 2.67. The number of aromatic amines is 1. The Bertz CT molecular complexity index is 791. The van der Waals surface area contributed by atoms with Crippen LogP contribution in [0, 0.1) is 0 Å². The molecule has 0 aliphatic heterocycles. The van der Waals surface area contributed by atoms with Gasteiger partial charge in [0, 0.05) is 42.6 Å². The smallest absolute Gasteiger partial charge is 0.188 e. The molecule has 3 heterocycles. The summed E-state index contributed by atoms with van der Waals surface area (Å²) >= 11 is 1.75. The molecule has 0 aliphatic carbocycles. The second-order valence-corrected chi connectivity index (χ2v) is 7.10. The van der Waals surface area contributed by atoms with Crippen LogP contribution in [0.2, 0.25) is 0 Å². The minimum Gasteiger partial charge on any atom is -0.370 e. The Morgan fingerprint density at radius 2 is 2.21 bits per heavy atom. The number of hydrogen-bond acceptors (Lipinski definition) is 5. The molecule has 28 heavy (non-hydrogen) atoms. The van der Waals surface area contributed by atoms with Crippen LogP contribution in [-0.4, -0.2) is 40.5 Å². The number of imidazole rings is 1. The maximum absolute atomic E-state index is 5.98. The molecule has 3 rings (SSSR count). The lowest BCUT2D eigenvalue weighted by Gasteiger charge is -2.23. The molecule has 0 aliphatic rings. The van der Waals surface area contributed by atoms with Crippen LogP contribution in [0.5, 0.6) is 0 Å². The van der Waals surface area contributed by atoms with Crippen molar-refractivity contribution in [2.75, 3.05) is 24.5 Å². The molecule has 7 nitrogen and oxygen atoms in total. The Balaban J connectivity index is 0.00000280. The zero-order valence-corrected chi connectivity index (χ0v) is 18.8. The quantitative estimate of drug-likeness (QED) is 0.168. The highest BCUT2D eigenvalue weighted by molar-refractivity contribution is 14.0. The number of H-pyrrole nitrogens is 1. The van der Waals surface area contributed by atoms with Crippen LogP contribution in [0.25, 0.3) is 0 Å². The van der Waals surface area contributed by atoms with Crippen LogP contribution in [0.15, 0.2) is 59.4 Å². The third-order valence-electron chi connectivity index (χ3n) is 4.03. The number of aliphatic imine (C=N–C) groups is 1. The lowest BCUT2D eigenvalue weighted by molar-refractivity contribution is 0.742. The first-order valence-electron chi connectivity index (χ1n) is 9.00. The molecule has 0 unspecified atom stereocenters. The number of pyridine rings is 1. The average Bonchev–Trinajstić information content (AvgIpc) is 3.39. The highest BCUT2D eigenvalue weighted by Crippen LogP contribution is 2.16. The van der Waals surface area contributed by atoms with E-state index in [0.717, 1.165) is 37.4 Å². The molecule has 0 radical (unpaired) electrons. The van der Waals surface area contributed by atoms with Crippen molar-refractivity contribution in [1.29, 1.82) is 0 Å². The van der Waals surface area contributed by atoms with Crippen molar-refractivity contribution in [3.8, 4) is 0 Å². The normalized spacial score (nSPS) is 11.1. The number of nitrogens with zero attached hydrogens (tertiary/aromatic N) is 4. The maximum Gasteiger partial charge on any atom is 0.188 e. The summed E-state index contributed by atoms with van der Waals surface area (Å²) in [6.07, 6.45) is 7.21. The van der Waals surface area contributed by atoms with E-state index in [1.807, 2.05) is 30.6 Å². The molecule has 0 spiro atoms. The summed E-state index contributed by atoms with van der Waals surface area (Å²) in [7, 11) is 0. The summed E-state index contributed by atoms with van der Waals surface area (Å²) in [5, 5.41) is 5.29. The van der Waals surface area contributed by atoms with E-state index in [-0.39, 0.29) is 24.0 Å². The number of nitrogens with one attached hydrogen (secondary N) is 2. The summed E-state index contributed by atoms with van der Waals surface area (Å²) in [6, 6.07) is 10.2. The monoisotopic (exact) mass is 511 g/mol. The van der Waals surface area contributed by atoms with Crippen molar-refractivity contribution < 1.29 is 0 Å². The molecule has 4 N–H and O–H groups in total. The number of thiophene rings is 1. The molecule has 3 aromatic rings. The molecule has 0 aromatic carbocycles. The van der Waals surface area contributed by atoms with Gasteiger partial charge in [0.2, 0.25) is 0 Å². The molecule has 9 heteroatoms. The Morgan fingerprint density at radius 3 is 2.93 bits per heavy atom. The highest BCUT2D eigenvalue weighted by Gasteiger charge is 2.09. The van der Waals surface area contributed by atoms with Gasteiger partial charge in [-0.25, -0.2) is 9.97 Å². The number of halogens is 1. The van der Waals surface area contributed by atoms with E-state index in [2.05, 4.69) is 47.7 Å². The SMILES string of the molecule is I.NC(=NCCCc1cnc[nH]1)NCCN(Cc1cccs1)c1ccccn1. The second-order valence-electron chi connectivity index (χ2n) is 6.06. The van der Waals surface area contributed by atoms with Gasteiger partial charge in [0.15, 0.2) is 5.96 Å². The van der Waals surface area contributed by atoms with Gasteiger partial charge in [-0.3, -0.25) is 4.99 Å². The Hall–Kier alpha value is -2.14. The van der Waals surface area contributed by atoms with Crippen LogP contribution in [0.4, 0.5) is 5.82 Å². The summed E-state index contributed by atoms with van der Waals surface area (Å²) in [4.78, 5) is 19.5. The van der Waals surface area contributed by atoms with Gasteiger partial charge in [-0.1, -0.05) is 12.1 Å². The van der Waals surface area contributed by atoms with Gasteiger partial charge >= 0.3 is 0 Å². The largest absolute Gasteiger partial charge is 0.370 e. The minimum atomic E-state index is 0. The summed E-state index contributed by atoms with van der Waals surface area (Å²) in [6.45, 7) is 3.02. The topological polar surface area (TPSA) is 95.2 Å². The fraction of sp³-hybridized carbons (Fsp3) is 0.316. The zero-order chi connectivity index (χ0) is 18.7. The summed E-state index contributed by atoms with van der Waals surface area (Å²) < 4.78 is 0. The van der Waals surface area contributed by atoms with Crippen molar-refractivity contribution in [1.82, 2.24) is 20.3 Å². The molecule has 0 atom stereocenters. The predicted octanol–water partition coefficient (Wildman–Crippen LogP) is 3.03. The highest BCUT2D eigenvalue weighted by atomic mass is 127. The molecular weight excluding hydrogens is 485 g/mol. The first kappa shape index (κ1) is 22.2. The van der Waals surface area contributed by atoms with E-state index in [0.29, 0.717) is 19.0 Å². The first-order chi connectivity index (χ1) is 13.3. The summed E-state index contributed by atoms with van der Waals surface area (Å²) in [5.74, 6) is 1.44. The third kappa shape index (κ3) is 7.47. The molecule has 0 saturated heterocycles. The maximum atomic E-state index is 5.98. The van der Waals surface area contributed by atoms with E-state index >= 15 is 0 Å². The van der Waals surface area contributed by atoms with Gasteiger partial charge < -0.3 is 20.9 Å². The standard InChI is InChI=1S/C19H25N7S.HI/c20-19(23-9-3-5-16-13-21-15-25-16)24-10-11-26(14-17-6-4-12-27-17)18-7-1-2-8-22-18;/h1-2,4,6-8,12-13,15H,3,5,9-11,14H2,(H,21,25)(H3,20,23,24);1H. The molecule has 3 aromatic heterocycles. The van der Waals surface area contributed by atoms with E-state index in [1.165, 1.54) is 4.88 Å². The minimum absolute atomic E-state index is 0. The molecule has 150 valence electrons. The van der Waals surface area contributed by atoms with Crippen molar-refractivity contribution in [3.63, 3.8) is 0 Å². The van der Waals surface area contributed by atoms with Gasteiger partial charge in [-0.2, -0.15) is 0 Å². The van der Waals surface area contributed by atoms with Crippen molar-refractivity contribution in [3.05, 3.63) is 65.0 Å². The third-order valence-corrected chi connectivity index (χ3v) is 4.89. The van der Waals surface area contributed by atoms with Crippen molar-refractivity contribution in [2.24, 2.45) is 10.7 Å². The van der Waals surface area contributed by atoms with Crippen LogP contribution in [0.1, 0.15) is 17.0 Å². The van der Waals surface area contributed by atoms with Gasteiger partial charge in [0.1, 0.15) is 5.82 Å². The van der Waals surface area contributed by atoms with Crippen LogP contribution >= 0.6 is 35.3 Å². The van der Waals surface area contributed by atoms with Crippen molar-refractivity contribution >= 4 is 47.1 Å². The number of anilines is 1. The Morgan fingerprint density at radius 1 is 1.29 bits per heavy atom. The fourth-order valence-corrected chi connectivity index (χ4v) is 3.39. The van der Waals surface area contributed by atoms with E-state index in [9.17, 15) is 0 Å². The lowest BCUT2D eigenvalue weighted by Crippen LogP contribution is -2.38. The predicted molar refractivity (Wildman–Crippen MR) is 126 cm³/mol. The first-order valence-corrected chi connectivity index (χ1v) is 9.88. The van der Waals surface area contributed by atoms with Crippen LogP contribution < -0.4 is 16.0 Å². The van der Waals surface area contributed by atoms with Gasteiger partial charge in [-0.15, -0.1) is 35.3 Å². The van der Waals surface area contributed by atoms with E-state index < -0.39 is 0 Å². The van der Waals surface area contributed by atoms with Gasteiger partial charge in [0.05, 0.1) is 12.9 Å². The van der Waals surface area contributed by atoms with Crippen LogP contribution in [0.3, 0.4) is 0 Å². The average molecular weight is 511 g/mol. The molecule has 0 saturated carbocycles. The Labute approximate surface area is 186 Å². The number of nitrogens with two attached hydrogens (primary N) is 1. The number of aryl methyl sites for hydroxylation is 1. The van der Waals surface area contributed by atoms with Gasteiger partial charge in [-0.05, 0) is 36.4 Å². The molecule has 0 bridgehead atoms. The number of rotatable bonds is 10. The van der Waals surface area contributed by atoms with E-state index in [1.54, 1.807) is 17.7 Å². The second kappa shape index (κ2) is 12.3. The number of hydrogen-bond donors (Lipinski definition) is 3.